The Morgan fingerprint density at radius 3 is 3.11 bits per heavy atom. The SMILES string of the molecule is CCn1ncc(Cl)c1C(O)CCC1CCCCO1. The summed E-state index contributed by atoms with van der Waals surface area (Å²) in [6, 6.07) is 0. The number of aliphatic hydroxyl groups excluding tert-OH is 1. The molecule has 1 fully saturated rings. The Kier molecular flexibility index (Phi) is 5.03. The van der Waals surface area contributed by atoms with Crippen LogP contribution in [-0.2, 0) is 11.3 Å². The Morgan fingerprint density at radius 2 is 2.44 bits per heavy atom. The molecule has 2 heterocycles. The zero-order valence-electron chi connectivity index (χ0n) is 10.8. The number of rotatable bonds is 5. The number of hydrogen-bond acceptors (Lipinski definition) is 3. The lowest BCUT2D eigenvalue weighted by Gasteiger charge is -2.23. The fraction of sp³-hybridized carbons (Fsp3) is 0.769. The van der Waals surface area contributed by atoms with E-state index in [1.165, 1.54) is 6.42 Å². The molecular formula is C13H21ClN2O2. The first-order valence-electron chi connectivity index (χ1n) is 6.73. The quantitative estimate of drug-likeness (QED) is 0.896. The summed E-state index contributed by atoms with van der Waals surface area (Å²) in [5.41, 5.74) is 0.731. The molecule has 102 valence electrons. The van der Waals surface area contributed by atoms with Crippen LogP contribution in [0, 0.1) is 0 Å². The number of aryl methyl sites for hydroxylation is 1. The number of nitrogens with zero attached hydrogens (tertiary/aromatic N) is 2. The summed E-state index contributed by atoms with van der Waals surface area (Å²) in [5, 5.41) is 14.9. The molecule has 1 aliphatic heterocycles. The van der Waals surface area contributed by atoms with Crippen LogP contribution in [0.25, 0.3) is 0 Å². The molecule has 0 spiro atoms. The van der Waals surface area contributed by atoms with Crippen molar-refractivity contribution in [2.45, 2.75) is 57.8 Å². The van der Waals surface area contributed by atoms with Gasteiger partial charge in [0.25, 0.3) is 0 Å². The molecule has 1 aromatic heterocycles. The molecule has 0 saturated carbocycles. The van der Waals surface area contributed by atoms with E-state index in [4.69, 9.17) is 16.3 Å². The van der Waals surface area contributed by atoms with E-state index in [-0.39, 0.29) is 0 Å². The summed E-state index contributed by atoms with van der Waals surface area (Å²) in [5.74, 6) is 0. The van der Waals surface area contributed by atoms with Crippen LogP contribution in [0.2, 0.25) is 5.02 Å². The van der Waals surface area contributed by atoms with Gasteiger partial charge in [-0.05, 0) is 39.0 Å². The second-order valence-electron chi connectivity index (χ2n) is 4.78. The third-order valence-electron chi connectivity index (χ3n) is 3.48. The van der Waals surface area contributed by atoms with E-state index < -0.39 is 6.10 Å². The molecule has 2 unspecified atom stereocenters. The van der Waals surface area contributed by atoms with Gasteiger partial charge in [0.1, 0.15) is 0 Å². The lowest BCUT2D eigenvalue weighted by molar-refractivity contribution is 0.00155. The molecule has 1 N–H and O–H groups in total. The molecule has 4 nitrogen and oxygen atoms in total. The first-order chi connectivity index (χ1) is 8.72. The summed E-state index contributed by atoms with van der Waals surface area (Å²) in [6.45, 7) is 3.57. The van der Waals surface area contributed by atoms with Gasteiger partial charge in [0.05, 0.1) is 29.1 Å². The zero-order valence-corrected chi connectivity index (χ0v) is 11.6. The highest BCUT2D eigenvalue weighted by Crippen LogP contribution is 2.28. The maximum atomic E-state index is 10.2. The molecular weight excluding hydrogens is 252 g/mol. The second-order valence-corrected chi connectivity index (χ2v) is 5.18. The summed E-state index contributed by atoms with van der Waals surface area (Å²) in [4.78, 5) is 0. The smallest absolute Gasteiger partial charge is 0.0972 e. The highest BCUT2D eigenvalue weighted by molar-refractivity contribution is 6.31. The Morgan fingerprint density at radius 1 is 1.61 bits per heavy atom. The van der Waals surface area contributed by atoms with Crippen molar-refractivity contribution in [3.8, 4) is 0 Å². The van der Waals surface area contributed by atoms with Crippen molar-refractivity contribution >= 4 is 11.6 Å². The molecule has 2 atom stereocenters. The highest BCUT2D eigenvalue weighted by atomic mass is 35.5. The topological polar surface area (TPSA) is 47.3 Å². The monoisotopic (exact) mass is 272 g/mol. The van der Waals surface area contributed by atoms with E-state index in [9.17, 15) is 5.11 Å². The average molecular weight is 273 g/mol. The van der Waals surface area contributed by atoms with Crippen molar-refractivity contribution in [3.05, 3.63) is 16.9 Å². The van der Waals surface area contributed by atoms with Gasteiger partial charge in [-0.1, -0.05) is 11.6 Å². The molecule has 0 aliphatic carbocycles. The van der Waals surface area contributed by atoms with Crippen LogP contribution >= 0.6 is 11.6 Å². The van der Waals surface area contributed by atoms with Crippen molar-refractivity contribution < 1.29 is 9.84 Å². The fourth-order valence-electron chi connectivity index (χ4n) is 2.47. The first-order valence-corrected chi connectivity index (χ1v) is 7.11. The lowest BCUT2D eigenvalue weighted by Crippen LogP contribution is -2.20. The number of hydrogen-bond donors (Lipinski definition) is 1. The van der Waals surface area contributed by atoms with E-state index in [1.807, 2.05) is 6.92 Å². The number of ether oxygens (including phenoxy) is 1. The number of aromatic nitrogens is 2. The minimum absolute atomic E-state index is 0.296. The van der Waals surface area contributed by atoms with Gasteiger partial charge >= 0.3 is 0 Å². The van der Waals surface area contributed by atoms with Crippen LogP contribution in [0.1, 0.15) is 50.8 Å². The van der Waals surface area contributed by atoms with Crippen LogP contribution in [0.4, 0.5) is 0 Å². The van der Waals surface area contributed by atoms with Crippen molar-refractivity contribution in [1.82, 2.24) is 9.78 Å². The van der Waals surface area contributed by atoms with Crippen molar-refractivity contribution in [2.24, 2.45) is 0 Å². The largest absolute Gasteiger partial charge is 0.387 e. The minimum atomic E-state index is -0.550. The van der Waals surface area contributed by atoms with Crippen molar-refractivity contribution in [2.75, 3.05) is 6.61 Å². The summed E-state index contributed by atoms with van der Waals surface area (Å²) in [7, 11) is 0. The molecule has 0 aromatic carbocycles. The summed E-state index contributed by atoms with van der Waals surface area (Å²) >= 11 is 6.07. The predicted molar refractivity (Wildman–Crippen MR) is 70.7 cm³/mol. The van der Waals surface area contributed by atoms with Gasteiger partial charge in [0.2, 0.25) is 0 Å². The van der Waals surface area contributed by atoms with Gasteiger partial charge in [-0.3, -0.25) is 4.68 Å². The molecule has 2 rings (SSSR count). The van der Waals surface area contributed by atoms with Gasteiger partial charge in [-0.25, -0.2) is 0 Å². The number of aliphatic hydroxyl groups is 1. The van der Waals surface area contributed by atoms with Crippen LogP contribution in [0.3, 0.4) is 0 Å². The third kappa shape index (κ3) is 3.25. The highest BCUT2D eigenvalue weighted by Gasteiger charge is 2.20. The Labute approximate surface area is 113 Å². The molecule has 1 aliphatic rings. The second kappa shape index (κ2) is 6.55. The zero-order chi connectivity index (χ0) is 13.0. The van der Waals surface area contributed by atoms with Crippen molar-refractivity contribution in [3.63, 3.8) is 0 Å². The van der Waals surface area contributed by atoms with Crippen LogP contribution in [0.5, 0.6) is 0 Å². The standard InChI is InChI=1S/C13H21ClN2O2/c1-2-16-13(11(14)9-15-16)12(17)7-6-10-5-3-4-8-18-10/h9-10,12,17H,2-8H2,1H3. The Hall–Kier alpha value is -0.580. The maximum Gasteiger partial charge on any atom is 0.0972 e. The molecule has 1 saturated heterocycles. The molecule has 0 bridgehead atoms. The van der Waals surface area contributed by atoms with Crippen LogP contribution in [-0.4, -0.2) is 27.6 Å². The van der Waals surface area contributed by atoms with Gasteiger partial charge in [0.15, 0.2) is 0 Å². The van der Waals surface area contributed by atoms with Crippen LogP contribution in [0.15, 0.2) is 6.20 Å². The normalized spacial score (nSPS) is 22.1. The first kappa shape index (κ1) is 13.8. The summed E-state index contributed by atoms with van der Waals surface area (Å²) < 4.78 is 7.42. The van der Waals surface area contributed by atoms with E-state index >= 15 is 0 Å². The lowest BCUT2D eigenvalue weighted by atomic mass is 10.0. The molecule has 1 aromatic rings. The minimum Gasteiger partial charge on any atom is -0.387 e. The summed E-state index contributed by atoms with van der Waals surface area (Å²) in [6.07, 6.45) is 6.40. The number of halogens is 1. The Balaban J connectivity index is 1.90. The van der Waals surface area contributed by atoms with Crippen molar-refractivity contribution in [1.29, 1.82) is 0 Å². The molecule has 5 heteroatoms. The Bertz CT molecular complexity index is 375. The van der Waals surface area contributed by atoms with E-state index in [0.29, 0.717) is 17.5 Å². The van der Waals surface area contributed by atoms with E-state index in [1.54, 1.807) is 10.9 Å². The van der Waals surface area contributed by atoms with E-state index in [2.05, 4.69) is 5.10 Å². The maximum absolute atomic E-state index is 10.2. The fourth-order valence-corrected chi connectivity index (χ4v) is 2.74. The predicted octanol–water partition coefficient (Wildman–Crippen LogP) is 2.94. The molecule has 0 radical (unpaired) electrons. The molecule has 0 amide bonds. The van der Waals surface area contributed by atoms with Gasteiger partial charge in [0, 0.05) is 13.2 Å². The van der Waals surface area contributed by atoms with Gasteiger partial charge in [-0.2, -0.15) is 5.10 Å². The van der Waals surface area contributed by atoms with E-state index in [0.717, 1.165) is 38.1 Å². The van der Waals surface area contributed by atoms with Crippen LogP contribution < -0.4 is 0 Å². The van der Waals surface area contributed by atoms with Gasteiger partial charge in [-0.15, -0.1) is 0 Å². The molecule has 18 heavy (non-hydrogen) atoms. The third-order valence-corrected chi connectivity index (χ3v) is 3.78. The van der Waals surface area contributed by atoms with Gasteiger partial charge < -0.3 is 9.84 Å². The average Bonchev–Trinajstić information content (AvgIpc) is 2.78.